The number of hydrogen-bond donors (Lipinski definition) is 1. The minimum Gasteiger partial charge on any atom is -0.492 e. The fourth-order valence-corrected chi connectivity index (χ4v) is 2.41. The fourth-order valence-electron chi connectivity index (χ4n) is 2.41. The summed E-state index contributed by atoms with van der Waals surface area (Å²) in [6, 6.07) is 7.78. The second kappa shape index (κ2) is 6.06. The van der Waals surface area contributed by atoms with Gasteiger partial charge in [0.2, 0.25) is 5.91 Å². The van der Waals surface area contributed by atoms with E-state index in [0.29, 0.717) is 32.2 Å². The summed E-state index contributed by atoms with van der Waals surface area (Å²) < 4.78 is 5.59. The van der Waals surface area contributed by atoms with Crippen molar-refractivity contribution < 1.29 is 9.53 Å². The van der Waals surface area contributed by atoms with Gasteiger partial charge in [-0.05, 0) is 25.5 Å². The lowest BCUT2D eigenvalue weighted by molar-refractivity contribution is -0.133. The van der Waals surface area contributed by atoms with Crippen LogP contribution in [0.3, 0.4) is 0 Å². The molecule has 1 aliphatic heterocycles. The summed E-state index contributed by atoms with van der Waals surface area (Å²) in [7, 11) is 0. The van der Waals surface area contributed by atoms with Crippen LogP contribution in [0.4, 0.5) is 0 Å². The molecule has 0 bridgehead atoms. The van der Waals surface area contributed by atoms with E-state index in [0.717, 1.165) is 11.3 Å². The summed E-state index contributed by atoms with van der Waals surface area (Å²) in [6.07, 6.45) is 0. The molecule has 0 aromatic heterocycles. The van der Waals surface area contributed by atoms with Gasteiger partial charge in [-0.3, -0.25) is 4.79 Å². The first-order chi connectivity index (χ1) is 9.17. The lowest BCUT2D eigenvalue weighted by Gasteiger charge is -2.26. The van der Waals surface area contributed by atoms with E-state index >= 15 is 0 Å². The van der Waals surface area contributed by atoms with Crippen LogP contribution >= 0.6 is 0 Å². The van der Waals surface area contributed by atoms with Crippen molar-refractivity contribution >= 4 is 5.91 Å². The molecule has 0 saturated carbocycles. The summed E-state index contributed by atoms with van der Waals surface area (Å²) >= 11 is 0. The van der Waals surface area contributed by atoms with Gasteiger partial charge in [0.1, 0.15) is 18.3 Å². The molecule has 19 heavy (non-hydrogen) atoms. The quantitative estimate of drug-likeness (QED) is 0.877. The number of benzene rings is 1. The van der Waals surface area contributed by atoms with Gasteiger partial charge in [0.15, 0.2) is 0 Å². The number of nitrogens with two attached hydrogens (primary N) is 1. The van der Waals surface area contributed by atoms with Gasteiger partial charge >= 0.3 is 0 Å². The van der Waals surface area contributed by atoms with Gasteiger partial charge in [-0.25, -0.2) is 0 Å². The number of rotatable bonds is 5. The van der Waals surface area contributed by atoms with Gasteiger partial charge < -0.3 is 15.4 Å². The van der Waals surface area contributed by atoms with Crippen LogP contribution in [0.5, 0.6) is 5.75 Å². The molecule has 0 aliphatic carbocycles. The largest absolute Gasteiger partial charge is 0.492 e. The molecule has 1 aliphatic rings. The zero-order chi connectivity index (χ0) is 13.8. The Morgan fingerprint density at radius 3 is 2.95 bits per heavy atom. The first kappa shape index (κ1) is 13.9. The topological polar surface area (TPSA) is 55.6 Å². The molecule has 1 aromatic rings. The number of carbonyl (C=O) groups is 1. The molecule has 2 N–H and O–H groups in total. The third-order valence-corrected chi connectivity index (χ3v) is 3.63. The number of amides is 1. The smallest absolute Gasteiger partial charge is 0.233 e. The normalized spacial score (nSPS) is 18.6. The van der Waals surface area contributed by atoms with Crippen molar-refractivity contribution in [1.82, 2.24) is 4.90 Å². The van der Waals surface area contributed by atoms with Crippen molar-refractivity contribution in [1.29, 1.82) is 0 Å². The van der Waals surface area contributed by atoms with Gasteiger partial charge in [0.05, 0.1) is 0 Å². The second-order valence-electron chi connectivity index (χ2n) is 5.12. The predicted molar refractivity (Wildman–Crippen MR) is 75.2 cm³/mol. The SMILES string of the molecule is CCN(CC(C)CN)C(=O)C1COc2ccccc21. The Balaban J connectivity index is 2.11. The van der Waals surface area contributed by atoms with Crippen LogP contribution in [-0.2, 0) is 4.79 Å². The standard InChI is InChI=1S/C15H22N2O2/c1-3-17(9-11(2)8-16)15(18)13-10-19-14-7-5-4-6-12(13)14/h4-7,11,13H,3,8-10,16H2,1-2H3. The third kappa shape index (κ3) is 2.89. The van der Waals surface area contributed by atoms with Gasteiger partial charge in [-0.1, -0.05) is 25.1 Å². The Bertz CT molecular complexity index is 448. The molecule has 1 amide bonds. The van der Waals surface area contributed by atoms with Crippen LogP contribution in [0.2, 0.25) is 0 Å². The highest BCUT2D eigenvalue weighted by Crippen LogP contribution is 2.34. The highest BCUT2D eigenvalue weighted by atomic mass is 16.5. The Kier molecular flexibility index (Phi) is 4.43. The lowest BCUT2D eigenvalue weighted by atomic mass is 9.99. The Morgan fingerprint density at radius 1 is 1.53 bits per heavy atom. The van der Waals surface area contributed by atoms with Crippen molar-refractivity contribution in [2.45, 2.75) is 19.8 Å². The summed E-state index contributed by atoms with van der Waals surface area (Å²) in [4.78, 5) is 14.5. The molecule has 104 valence electrons. The molecule has 2 rings (SSSR count). The van der Waals surface area contributed by atoms with Gasteiger partial charge in [-0.15, -0.1) is 0 Å². The average Bonchev–Trinajstić information content (AvgIpc) is 2.87. The predicted octanol–water partition coefficient (Wildman–Crippen LogP) is 1.61. The fraction of sp³-hybridized carbons (Fsp3) is 0.533. The van der Waals surface area contributed by atoms with E-state index in [-0.39, 0.29) is 11.8 Å². The number of nitrogens with zero attached hydrogens (tertiary/aromatic N) is 1. The maximum Gasteiger partial charge on any atom is 0.233 e. The molecule has 0 fully saturated rings. The van der Waals surface area contributed by atoms with E-state index in [2.05, 4.69) is 6.92 Å². The molecular weight excluding hydrogens is 240 g/mol. The number of fused-ring (bicyclic) bond motifs is 1. The van der Waals surface area contributed by atoms with E-state index in [1.807, 2.05) is 36.1 Å². The van der Waals surface area contributed by atoms with Crippen LogP contribution in [0, 0.1) is 5.92 Å². The molecule has 0 radical (unpaired) electrons. The number of para-hydroxylation sites is 1. The average molecular weight is 262 g/mol. The summed E-state index contributed by atoms with van der Waals surface area (Å²) in [5.74, 6) is 1.14. The highest BCUT2D eigenvalue weighted by molar-refractivity contribution is 5.85. The molecule has 4 nitrogen and oxygen atoms in total. The van der Waals surface area contributed by atoms with E-state index in [1.54, 1.807) is 0 Å². The van der Waals surface area contributed by atoms with Gasteiger partial charge in [0.25, 0.3) is 0 Å². The van der Waals surface area contributed by atoms with Crippen LogP contribution in [0.15, 0.2) is 24.3 Å². The monoisotopic (exact) mass is 262 g/mol. The number of hydrogen-bond acceptors (Lipinski definition) is 3. The van der Waals surface area contributed by atoms with Crippen LogP contribution < -0.4 is 10.5 Å². The minimum atomic E-state index is -0.166. The number of ether oxygens (including phenoxy) is 1. The van der Waals surface area contributed by atoms with Crippen LogP contribution in [-0.4, -0.2) is 37.0 Å². The minimum absolute atomic E-state index is 0.146. The number of likely N-dealkylation sites (N-methyl/N-ethyl adjacent to an activating group) is 1. The first-order valence-electron chi connectivity index (χ1n) is 6.88. The summed E-state index contributed by atoms with van der Waals surface area (Å²) in [5, 5.41) is 0. The maximum atomic E-state index is 12.6. The van der Waals surface area contributed by atoms with Crippen molar-refractivity contribution in [3.8, 4) is 5.75 Å². The first-order valence-corrected chi connectivity index (χ1v) is 6.88. The summed E-state index contributed by atoms with van der Waals surface area (Å²) in [6.45, 7) is 6.54. The van der Waals surface area contributed by atoms with Crippen molar-refractivity contribution in [3.63, 3.8) is 0 Å². The molecule has 0 saturated heterocycles. The number of carbonyl (C=O) groups excluding carboxylic acids is 1. The molecule has 1 heterocycles. The molecule has 4 heteroatoms. The van der Waals surface area contributed by atoms with Crippen LogP contribution in [0.1, 0.15) is 25.3 Å². The van der Waals surface area contributed by atoms with E-state index in [1.165, 1.54) is 0 Å². The zero-order valence-corrected chi connectivity index (χ0v) is 11.6. The maximum absolute atomic E-state index is 12.6. The van der Waals surface area contributed by atoms with Crippen molar-refractivity contribution in [2.75, 3.05) is 26.2 Å². The zero-order valence-electron chi connectivity index (χ0n) is 11.6. The van der Waals surface area contributed by atoms with E-state index < -0.39 is 0 Å². The molecule has 0 spiro atoms. The highest BCUT2D eigenvalue weighted by Gasteiger charge is 2.32. The molecule has 2 unspecified atom stereocenters. The Labute approximate surface area is 114 Å². The third-order valence-electron chi connectivity index (χ3n) is 3.63. The molecule has 1 aromatic carbocycles. The van der Waals surface area contributed by atoms with Gasteiger partial charge in [0, 0.05) is 18.7 Å². The van der Waals surface area contributed by atoms with E-state index in [4.69, 9.17) is 10.5 Å². The Morgan fingerprint density at radius 2 is 2.26 bits per heavy atom. The van der Waals surface area contributed by atoms with E-state index in [9.17, 15) is 4.79 Å². The van der Waals surface area contributed by atoms with Crippen molar-refractivity contribution in [2.24, 2.45) is 11.7 Å². The van der Waals surface area contributed by atoms with Crippen molar-refractivity contribution in [3.05, 3.63) is 29.8 Å². The summed E-state index contributed by atoms with van der Waals surface area (Å²) in [5.41, 5.74) is 6.65. The molecule has 2 atom stereocenters. The Hall–Kier alpha value is -1.55. The lowest BCUT2D eigenvalue weighted by Crippen LogP contribution is -2.39. The van der Waals surface area contributed by atoms with Gasteiger partial charge in [-0.2, -0.15) is 0 Å². The van der Waals surface area contributed by atoms with Crippen LogP contribution in [0.25, 0.3) is 0 Å². The molecular formula is C15H22N2O2. The second-order valence-corrected chi connectivity index (χ2v) is 5.12.